The zero-order valence-corrected chi connectivity index (χ0v) is 19.5. The maximum atomic E-state index is 13.4. The molecule has 8 heteroatoms. The van der Waals surface area contributed by atoms with Gasteiger partial charge in [-0.05, 0) is 47.5 Å². The minimum atomic E-state index is -0.798. The molecule has 6 nitrogen and oxygen atoms in total. The lowest BCUT2D eigenvalue weighted by molar-refractivity contribution is -0.124. The molecule has 0 saturated heterocycles. The summed E-state index contributed by atoms with van der Waals surface area (Å²) in [7, 11) is 0. The number of benzene rings is 3. The summed E-state index contributed by atoms with van der Waals surface area (Å²) in [5, 5.41) is 16.6. The first kappa shape index (κ1) is 21.9. The van der Waals surface area contributed by atoms with Crippen LogP contribution in [0, 0.1) is 11.2 Å². The van der Waals surface area contributed by atoms with Crippen molar-refractivity contribution in [2.24, 2.45) is 5.41 Å². The molecule has 34 heavy (non-hydrogen) atoms. The third-order valence-electron chi connectivity index (χ3n) is 6.02. The topological polar surface area (TPSA) is 72.7 Å². The van der Waals surface area contributed by atoms with Crippen LogP contribution in [-0.2, 0) is 4.79 Å². The van der Waals surface area contributed by atoms with Crippen LogP contribution in [0.3, 0.4) is 0 Å². The summed E-state index contributed by atoms with van der Waals surface area (Å²) in [6.07, 6.45) is 1.79. The van der Waals surface area contributed by atoms with E-state index in [-0.39, 0.29) is 17.6 Å². The predicted octanol–water partition coefficient (Wildman–Crippen LogP) is 5.81. The minimum Gasteiger partial charge on any atom is -0.300 e. The van der Waals surface area contributed by atoms with E-state index in [9.17, 15) is 9.18 Å². The summed E-state index contributed by atoms with van der Waals surface area (Å²) >= 11 is 1.29. The Balaban J connectivity index is 1.57. The van der Waals surface area contributed by atoms with Gasteiger partial charge in [-0.3, -0.25) is 4.79 Å². The average molecular weight is 472 g/mol. The highest BCUT2D eigenvalue weighted by molar-refractivity contribution is 7.13. The molecule has 0 radical (unpaired) electrons. The number of hydrogen-bond donors (Lipinski definition) is 1. The number of hydrogen-bond acceptors (Lipinski definition) is 5. The Bertz CT molecular complexity index is 1430. The summed E-state index contributed by atoms with van der Waals surface area (Å²) in [5.41, 5.74) is 4.50. The van der Waals surface area contributed by atoms with Crippen molar-refractivity contribution in [3.05, 3.63) is 101 Å². The fourth-order valence-electron chi connectivity index (χ4n) is 4.31. The minimum absolute atomic E-state index is 0.139. The number of aromatic nitrogens is 4. The molecule has 3 aromatic carbocycles. The molecule has 1 unspecified atom stereocenters. The molecule has 0 aliphatic rings. The van der Waals surface area contributed by atoms with Crippen molar-refractivity contribution in [2.75, 3.05) is 5.32 Å². The first-order chi connectivity index (χ1) is 16.4. The number of anilines is 1. The highest BCUT2D eigenvalue weighted by Gasteiger charge is 2.39. The molecule has 1 amide bonds. The lowest BCUT2D eigenvalue weighted by Crippen LogP contribution is -2.37. The molecule has 1 atom stereocenters. The zero-order valence-electron chi connectivity index (χ0n) is 18.6. The summed E-state index contributed by atoms with van der Waals surface area (Å²) in [4.78, 5) is 13.4. The Hall–Kier alpha value is -3.91. The van der Waals surface area contributed by atoms with Gasteiger partial charge in [0.1, 0.15) is 11.3 Å². The Morgan fingerprint density at radius 3 is 2.50 bits per heavy atom. The van der Waals surface area contributed by atoms with Crippen LogP contribution in [0.5, 0.6) is 0 Å². The smallest absolute Gasteiger partial charge is 0.232 e. The third-order valence-corrected chi connectivity index (χ3v) is 6.62. The van der Waals surface area contributed by atoms with Gasteiger partial charge in [-0.25, -0.2) is 9.07 Å². The lowest BCUT2D eigenvalue weighted by atomic mass is 9.70. The molecule has 0 saturated carbocycles. The van der Waals surface area contributed by atoms with Crippen LogP contribution in [0.1, 0.15) is 30.9 Å². The Kier molecular flexibility index (Phi) is 5.67. The Labute approximate surface area is 200 Å². The summed E-state index contributed by atoms with van der Waals surface area (Å²) in [6, 6.07) is 22.3. The molecular formula is C26H22FN5OS. The molecular weight excluding hydrogens is 449 g/mol. The largest absolute Gasteiger partial charge is 0.300 e. The maximum Gasteiger partial charge on any atom is 0.232 e. The first-order valence-electron chi connectivity index (χ1n) is 10.8. The molecule has 0 spiro atoms. The van der Waals surface area contributed by atoms with E-state index in [4.69, 9.17) is 0 Å². The van der Waals surface area contributed by atoms with Crippen molar-refractivity contribution >= 4 is 33.3 Å². The highest BCUT2D eigenvalue weighted by atomic mass is 32.1. The Morgan fingerprint density at radius 1 is 1.03 bits per heavy atom. The number of halogens is 1. The highest BCUT2D eigenvalue weighted by Crippen LogP contribution is 2.42. The molecule has 1 N–H and O–H groups in total. The second-order valence-electron chi connectivity index (χ2n) is 8.61. The van der Waals surface area contributed by atoms with Crippen molar-refractivity contribution in [3.63, 3.8) is 0 Å². The first-order valence-corrected chi connectivity index (χ1v) is 11.7. The van der Waals surface area contributed by atoms with Crippen LogP contribution in [0.2, 0.25) is 0 Å². The second kappa shape index (κ2) is 8.79. The molecule has 2 aromatic heterocycles. The van der Waals surface area contributed by atoms with E-state index in [2.05, 4.69) is 26.7 Å². The molecule has 2 heterocycles. The van der Waals surface area contributed by atoms with Crippen molar-refractivity contribution in [1.29, 1.82) is 0 Å². The fourth-order valence-corrected chi connectivity index (χ4v) is 4.75. The van der Waals surface area contributed by atoms with Gasteiger partial charge in [0.2, 0.25) is 11.0 Å². The number of carbonyl (C=O) groups is 1. The van der Waals surface area contributed by atoms with Crippen molar-refractivity contribution in [3.8, 4) is 5.69 Å². The van der Waals surface area contributed by atoms with E-state index in [1.54, 1.807) is 28.5 Å². The standard InChI is InChI=1S/C26H22FN5OS/c1-26(2,24(33)30-25-31-28-16-34-25)23(17-6-4-3-5-7-17)18-8-13-22-19(14-18)15-29-32(22)21-11-9-20(27)10-12-21/h3-16,23H,1-2H3,(H,30,31,33). The molecule has 0 aliphatic heterocycles. The van der Waals surface area contributed by atoms with E-state index in [1.165, 1.54) is 23.5 Å². The fraction of sp³-hybridized carbons (Fsp3) is 0.154. The van der Waals surface area contributed by atoms with E-state index in [0.29, 0.717) is 5.13 Å². The van der Waals surface area contributed by atoms with Gasteiger partial charge in [-0.1, -0.05) is 61.6 Å². The summed E-state index contributed by atoms with van der Waals surface area (Å²) < 4.78 is 15.2. The molecule has 0 bridgehead atoms. The summed E-state index contributed by atoms with van der Waals surface area (Å²) in [5.74, 6) is -0.650. The normalized spacial score (nSPS) is 12.6. The molecule has 0 fully saturated rings. The van der Waals surface area contributed by atoms with E-state index >= 15 is 0 Å². The van der Waals surface area contributed by atoms with Crippen molar-refractivity contribution < 1.29 is 9.18 Å². The number of carbonyl (C=O) groups excluding carboxylic acids is 1. The van der Waals surface area contributed by atoms with Crippen LogP contribution in [-0.4, -0.2) is 25.9 Å². The van der Waals surface area contributed by atoms with Crippen molar-refractivity contribution in [2.45, 2.75) is 19.8 Å². The average Bonchev–Trinajstić information content (AvgIpc) is 3.50. The van der Waals surface area contributed by atoms with Crippen LogP contribution < -0.4 is 5.32 Å². The monoisotopic (exact) mass is 471 g/mol. The number of nitrogens with one attached hydrogen (secondary N) is 1. The molecule has 170 valence electrons. The van der Waals surface area contributed by atoms with Gasteiger partial charge in [0.25, 0.3) is 0 Å². The molecule has 5 rings (SSSR count). The summed E-state index contributed by atoms with van der Waals surface area (Å²) in [6.45, 7) is 3.88. The van der Waals surface area contributed by atoms with E-state index < -0.39 is 5.41 Å². The van der Waals surface area contributed by atoms with Crippen LogP contribution in [0.4, 0.5) is 9.52 Å². The number of fused-ring (bicyclic) bond motifs is 1. The zero-order chi connectivity index (χ0) is 23.7. The second-order valence-corrected chi connectivity index (χ2v) is 9.45. The Morgan fingerprint density at radius 2 is 1.79 bits per heavy atom. The van der Waals surface area contributed by atoms with Gasteiger partial charge in [-0.15, -0.1) is 10.2 Å². The quantitative estimate of drug-likeness (QED) is 0.339. The van der Waals surface area contributed by atoms with Crippen LogP contribution in [0.25, 0.3) is 16.6 Å². The van der Waals surface area contributed by atoms with Gasteiger partial charge >= 0.3 is 0 Å². The van der Waals surface area contributed by atoms with Gasteiger partial charge < -0.3 is 5.32 Å². The van der Waals surface area contributed by atoms with Crippen molar-refractivity contribution in [1.82, 2.24) is 20.0 Å². The number of amides is 1. The SMILES string of the molecule is CC(C)(C(=O)Nc1nncs1)C(c1ccccc1)c1ccc2c(cnn2-c2ccc(F)cc2)c1. The van der Waals surface area contributed by atoms with Gasteiger partial charge in [0, 0.05) is 11.3 Å². The van der Waals surface area contributed by atoms with E-state index in [1.807, 2.05) is 56.3 Å². The lowest BCUT2D eigenvalue weighted by Gasteiger charge is -2.33. The predicted molar refractivity (Wildman–Crippen MR) is 132 cm³/mol. The number of nitrogens with zero attached hydrogens (tertiary/aromatic N) is 4. The van der Waals surface area contributed by atoms with Gasteiger partial charge in [-0.2, -0.15) is 5.10 Å². The van der Waals surface area contributed by atoms with Gasteiger partial charge in [0.15, 0.2) is 0 Å². The third kappa shape index (κ3) is 4.08. The van der Waals surface area contributed by atoms with E-state index in [0.717, 1.165) is 27.7 Å². The van der Waals surface area contributed by atoms with Crippen LogP contribution >= 0.6 is 11.3 Å². The number of rotatable bonds is 6. The maximum absolute atomic E-state index is 13.4. The molecule has 0 aliphatic carbocycles. The van der Waals surface area contributed by atoms with Gasteiger partial charge in [0.05, 0.1) is 22.8 Å². The molecule has 5 aromatic rings. The van der Waals surface area contributed by atoms with Crippen LogP contribution in [0.15, 0.2) is 84.5 Å².